The van der Waals surface area contributed by atoms with Crippen LogP contribution < -0.4 is 4.90 Å². The number of esters is 1. The van der Waals surface area contributed by atoms with Gasteiger partial charge in [0.1, 0.15) is 0 Å². The topological polar surface area (TPSA) is 46.6 Å². The molecule has 1 aliphatic rings. The smallest absolute Gasteiger partial charge is 0.340 e. The Kier molecular flexibility index (Phi) is 5.68. The van der Waals surface area contributed by atoms with Crippen LogP contribution in [-0.4, -0.2) is 18.5 Å². The summed E-state index contributed by atoms with van der Waals surface area (Å²) in [5.74, 6) is -0.842. The van der Waals surface area contributed by atoms with Crippen LogP contribution in [0.2, 0.25) is 10.0 Å². The summed E-state index contributed by atoms with van der Waals surface area (Å²) in [7, 11) is 0. The maximum Gasteiger partial charge on any atom is 0.340 e. The number of benzene rings is 2. The molecule has 1 amide bonds. The van der Waals surface area contributed by atoms with Crippen LogP contribution >= 0.6 is 23.2 Å². The maximum atomic E-state index is 13.2. The summed E-state index contributed by atoms with van der Waals surface area (Å²) in [6.07, 6.45) is 1.65. The quantitative estimate of drug-likeness (QED) is 0.518. The van der Waals surface area contributed by atoms with Crippen LogP contribution in [0.1, 0.15) is 19.4 Å². The lowest BCUT2D eigenvalue weighted by Crippen LogP contribution is -2.24. The second kappa shape index (κ2) is 7.99. The van der Waals surface area contributed by atoms with Crippen molar-refractivity contribution in [3.8, 4) is 0 Å². The van der Waals surface area contributed by atoms with Crippen molar-refractivity contribution < 1.29 is 14.3 Å². The van der Waals surface area contributed by atoms with Crippen LogP contribution in [-0.2, 0) is 14.3 Å². The highest BCUT2D eigenvalue weighted by molar-refractivity contribution is 6.31. The van der Waals surface area contributed by atoms with E-state index in [0.717, 1.165) is 5.56 Å². The summed E-state index contributed by atoms with van der Waals surface area (Å²) >= 11 is 12.0. The van der Waals surface area contributed by atoms with Gasteiger partial charge in [0.15, 0.2) is 0 Å². The van der Waals surface area contributed by atoms with Crippen LogP contribution in [0.25, 0.3) is 6.08 Å². The van der Waals surface area contributed by atoms with Gasteiger partial charge in [-0.3, -0.25) is 9.69 Å². The van der Waals surface area contributed by atoms with Crippen LogP contribution in [0, 0.1) is 0 Å². The molecule has 0 fully saturated rings. The molecule has 0 unspecified atom stereocenters. The lowest BCUT2D eigenvalue weighted by Gasteiger charge is -2.17. The highest BCUT2D eigenvalue weighted by Crippen LogP contribution is 2.36. The van der Waals surface area contributed by atoms with E-state index >= 15 is 0 Å². The minimum absolute atomic E-state index is 0.217. The van der Waals surface area contributed by atoms with Gasteiger partial charge in [-0.15, -0.1) is 0 Å². The van der Waals surface area contributed by atoms with E-state index < -0.39 is 5.97 Å². The van der Waals surface area contributed by atoms with E-state index in [1.54, 1.807) is 62.4 Å². The lowest BCUT2D eigenvalue weighted by molar-refractivity contribution is -0.138. The first kappa shape index (κ1) is 19.2. The molecule has 0 saturated carbocycles. The minimum atomic E-state index is -0.534. The van der Waals surface area contributed by atoms with Gasteiger partial charge in [-0.05, 0) is 61.9 Å². The van der Waals surface area contributed by atoms with Crippen LogP contribution in [0.3, 0.4) is 0 Å². The highest BCUT2D eigenvalue weighted by atomic mass is 35.5. The predicted molar refractivity (Wildman–Crippen MR) is 108 cm³/mol. The molecule has 2 aromatic rings. The van der Waals surface area contributed by atoms with E-state index in [1.165, 1.54) is 4.90 Å². The Morgan fingerprint density at radius 1 is 1.11 bits per heavy atom. The maximum absolute atomic E-state index is 13.2. The molecule has 1 heterocycles. The number of allylic oxidation sites excluding steroid dienone is 1. The van der Waals surface area contributed by atoms with Crippen LogP contribution in [0.5, 0.6) is 0 Å². The molecule has 0 aliphatic carbocycles. The van der Waals surface area contributed by atoms with E-state index in [4.69, 9.17) is 27.9 Å². The fourth-order valence-corrected chi connectivity index (χ4v) is 3.27. The Bertz CT molecular complexity index is 962. The number of nitrogens with zero attached hydrogens (tertiary/aromatic N) is 1. The summed E-state index contributed by atoms with van der Waals surface area (Å²) in [4.78, 5) is 27.2. The zero-order valence-corrected chi connectivity index (χ0v) is 16.3. The Labute approximate surface area is 167 Å². The number of hydrogen-bond acceptors (Lipinski definition) is 3. The summed E-state index contributed by atoms with van der Waals surface area (Å²) in [5.41, 5.74) is 2.37. The molecule has 27 heavy (non-hydrogen) atoms. The molecule has 2 aromatic carbocycles. The number of amides is 1. The normalized spacial score (nSPS) is 15.6. The van der Waals surface area contributed by atoms with E-state index in [2.05, 4.69) is 0 Å². The molecule has 0 spiro atoms. The third-order valence-corrected chi connectivity index (χ3v) is 4.61. The van der Waals surface area contributed by atoms with Crippen LogP contribution in [0.4, 0.5) is 5.69 Å². The van der Waals surface area contributed by atoms with Crippen molar-refractivity contribution in [2.75, 3.05) is 11.5 Å². The first-order chi connectivity index (χ1) is 12.9. The number of halogens is 2. The molecule has 0 saturated heterocycles. The summed E-state index contributed by atoms with van der Waals surface area (Å²) in [6, 6.07) is 13.9. The van der Waals surface area contributed by atoms with Crippen molar-refractivity contribution in [3.63, 3.8) is 0 Å². The van der Waals surface area contributed by atoms with Crippen molar-refractivity contribution in [1.82, 2.24) is 0 Å². The zero-order valence-electron chi connectivity index (χ0n) is 14.8. The number of carbonyl (C=O) groups excluding carboxylic acids is 2. The van der Waals surface area contributed by atoms with Gasteiger partial charge < -0.3 is 4.74 Å². The minimum Gasteiger partial charge on any atom is -0.462 e. The molecule has 0 aromatic heterocycles. The standard InChI is InChI=1S/C21H17Cl2NO3/c1-3-27-21(26)19-13(2)24(17-9-7-15(22)8-10-17)20(25)18(19)12-14-5-4-6-16(23)11-14/h4-12H,3H2,1-2H3/b18-12-. The van der Waals surface area contributed by atoms with Gasteiger partial charge in [0.2, 0.25) is 0 Å². The van der Waals surface area contributed by atoms with E-state index in [1.807, 2.05) is 6.07 Å². The van der Waals surface area contributed by atoms with Gasteiger partial charge in [-0.2, -0.15) is 0 Å². The van der Waals surface area contributed by atoms with Crippen molar-refractivity contribution in [3.05, 3.63) is 81.0 Å². The van der Waals surface area contributed by atoms with E-state index in [9.17, 15) is 9.59 Å². The van der Waals surface area contributed by atoms with Gasteiger partial charge >= 0.3 is 5.97 Å². The molecule has 0 bridgehead atoms. The third-order valence-electron chi connectivity index (χ3n) is 4.12. The van der Waals surface area contributed by atoms with Gasteiger partial charge in [0.25, 0.3) is 5.91 Å². The van der Waals surface area contributed by atoms with Crippen molar-refractivity contribution in [1.29, 1.82) is 0 Å². The number of ether oxygens (including phenoxy) is 1. The second-order valence-electron chi connectivity index (χ2n) is 5.91. The molecule has 4 nitrogen and oxygen atoms in total. The summed E-state index contributed by atoms with van der Waals surface area (Å²) in [6.45, 7) is 3.66. The largest absolute Gasteiger partial charge is 0.462 e. The molecule has 1 aliphatic heterocycles. The molecule has 6 heteroatoms. The van der Waals surface area contributed by atoms with Crippen LogP contribution in [0.15, 0.2) is 65.4 Å². The SMILES string of the molecule is CCOC(=O)C1=C(C)N(c2ccc(Cl)cc2)C(=O)/C1=C\c1cccc(Cl)c1. The predicted octanol–water partition coefficient (Wildman–Crippen LogP) is 5.26. The highest BCUT2D eigenvalue weighted by Gasteiger charge is 2.38. The first-order valence-corrected chi connectivity index (χ1v) is 9.13. The Balaban J connectivity index is 2.12. The Hall–Kier alpha value is -2.56. The lowest BCUT2D eigenvalue weighted by atomic mass is 10.0. The zero-order chi connectivity index (χ0) is 19.6. The number of hydrogen-bond donors (Lipinski definition) is 0. The molecule has 0 radical (unpaired) electrons. The van der Waals surface area contributed by atoms with Crippen molar-refractivity contribution >= 4 is 46.8 Å². The van der Waals surface area contributed by atoms with Gasteiger partial charge in [-0.25, -0.2) is 4.79 Å². The molecular weight excluding hydrogens is 385 g/mol. The molecular formula is C21H17Cl2NO3. The molecule has 0 N–H and O–H groups in total. The second-order valence-corrected chi connectivity index (χ2v) is 6.78. The summed E-state index contributed by atoms with van der Waals surface area (Å²) in [5, 5.41) is 1.11. The monoisotopic (exact) mass is 401 g/mol. The van der Waals surface area contributed by atoms with E-state index in [-0.39, 0.29) is 23.7 Å². The fourth-order valence-electron chi connectivity index (χ4n) is 2.95. The van der Waals surface area contributed by atoms with Crippen molar-refractivity contribution in [2.24, 2.45) is 0 Å². The van der Waals surface area contributed by atoms with E-state index in [0.29, 0.717) is 21.4 Å². The average molecular weight is 402 g/mol. The summed E-state index contributed by atoms with van der Waals surface area (Å²) < 4.78 is 5.18. The first-order valence-electron chi connectivity index (χ1n) is 8.38. The molecule has 138 valence electrons. The van der Waals surface area contributed by atoms with Gasteiger partial charge in [-0.1, -0.05) is 35.3 Å². The average Bonchev–Trinajstić information content (AvgIpc) is 2.86. The molecule has 3 rings (SSSR count). The number of anilines is 1. The number of rotatable bonds is 4. The molecule has 0 atom stereocenters. The van der Waals surface area contributed by atoms with Gasteiger partial charge in [0, 0.05) is 21.4 Å². The Morgan fingerprint density at radius 2 is 1.81 bits per heavy atom. The Morgan fingerprint density at radius 3 is 2.44 bits per heavy atom. The van der Waals surface area contributed by atoms with Crippen molar-refractivity contribution in [2.45, 2.75) is 13.8 Å². The fraction of sp³-hybridized carbons (Fsp3) is 0.143. The number of carbonyl (C=O) groups is 2. The third kappa shape index (κ3) is 3.92. The van der Waals surface area contributed by atoms with Gasteiger partial charge in [0.05, 0.1) is 17.8 Å².